The van der Waals surface area contributed by atoms with E-state index in [0.29, 0.717) is 19.5 Å². The van der Waals surface area contributed by atoms with Crippen molar-refractivity contribution in [3.8, 4) is 0 Å². The molecule has 0 amide bonds. The predicted molar refractivity (Wildman–Crippen MR) is 35.4 cm³/mol. The summed E-state index contributed by atoms with van der Waals surface area (Å²) in [7, 11) is 0. The van der Waals surface area contributed by atoms with Crippen molar-refractivity contribution in [2.45, 2.75) is 12.3 Å². The number of hydrogen-bond acceptors (Lipinski definition) is 2. The topological polar surface area (TPSA) is 32.3 Å². The van der Waals surface area contributed by atoms with Gasteiger partial charge >= 0.3 is 0 Å². The number of piperidine rings is 1. The molecule has 1 saturated carbocycles. The second-order valence-corrected chi connectivity index (χ2v) is 3.44. The molecule has 0 bridgehead atoms. The van der Waals surface area contributed by atoms with Gasteiger partial charge in [-0.05, 0) is 13.0 Å². The van der Waals surface area contributed by atoms with Crippen LogP contribution in [-0.2, 0) is 0 Å². The molecule has 2 N–H and O–H groups in total. The maximum absolute atomic E-state index is 13.0. The summed E-state index contributed by atoms with van der Waals surface area (Å²) in [6, 6.07) is 0. The number of aliphatic hydroxyl groups excluding tert-OH is 1. The van der Waals surface area contributed by atoms with Gasteiger partial charge in [-0.2, -0.15) is 0 Å². The predicted octanol–water partition coefficient (Wildman–Crippen LogP) is 0.224. The van der Waals surface area contributed by atoms with Crippen LogP contribution >= 0.6 is 0 Å². The standard InChI is InChI=1S/C7H11F2NO/c8-7(9)5-3-10-2-1-6(5,7)4-11/h5,10-11H,1-4H2. The van der Waals surface area contributed by atoms with Gasteiger partial charge < -0.3 is 10.4 Å². The fourth-order valence-corrected chi connectivity index (χ4v) is 2.11. The number of aliphatic hydroxyl groups is 1. The molecule has 0 radical (unpaired) electrons. The van der Waals surface area contributed by atoms with E-state index in [0.717, 1.165) is 0 Å². The monoisotopic (exact) mass is 163 g/mol. The van der Waals surface area contributed by atoms with Crippen LogP contribution < -0.4 is 5.32 Å². The van der Waals surface area contributed by atoms with E-state index in [4.69, 9.17) is 5.11 Å². The summed E-state index contributed by atoms with van der Waals surface area (Å²) >= 11 is 0. The molecule has 2 atom stereocenters. The number of hydrogen-bond donors (Lipinski definition) is 2. The molecule has 0 spiro atoms. The van der Waals surface area contributed by atoms with E-state index in [2.05, 4.69) is 5.32 Å². The molecule has 64 valence electrons. The van der Waals surface area contributed by atoms with Gasteiger partial charge in [0.2, 0.25) is 0 Å². The first kappa shape index (κ1) is 7.43. The number of nitrogens with one attached hydrogen (secondary N) is 1. The van der Waals surface area contributed by atoms with E-state index in [-0.39, 0.29) is 6.61 Å². The Bertz CT molecular complexity index is 185. The van der Waals surface area contributed by atoms with Gasteiger partial charge in [-0.15, -0.1) is 0 Å². The van der Waals surface area contributed by atoms with Crippen molar-refractivity contribution in [1.29, 1.82) is 0 Å². The van der Waals surface area contributed by atoms with E-state index >= 15 is 0 Å². The first-order valence-corrected chi connectivity index (χ1v) is 3.84. The van der Waals surface area contributed by atoms with Crippen molar-refractivity contribution in [2.24, 2.45) is 11.3 Å². The zero-order chi connectivity index (χ0) is 8.11. The number of alkyl halides is 2. The Morgan fingerprint density at radius 2 is 2.27 bits per heavy atom. The lowest BCUT2D eigenvalue weighted by Crippen LogP contribution is -2.31. The highest BCUT2D eigenvalue weighted by atomic mass is 19.3. The quantitative estimate of drug-likeness (QED) is 0.579. The molecule has 11 heavy (non-hydrogen) atoms. The molecular formula is C7H11F2NO. The maximum Gasteiger partial charge on any atom is 0.261 e. The summed E-state index contributed by atoms with van der Waals surface area (Å²) in [5.74, 6) is -3.24. The third kappa shape index (κ3) is 0.667. The van der Waals surface area contributed by atoms with Gasteiger partial charge in [0.15, 0.2) is 0 Å². The fourth-order valence-electron chi connectivity index (χ4n) is 2.11. The van der Waals surface area contributed by atoms with Crippen LogP contribution in [0.3, 0.4) is 0 Å². The number of halogens is 2. The number of fused-ring (bicyclic) bond motifs is 1. The summed E-state index contributed by atoms with van der Waals surface area (Å²) in [4.78, 5) is 0. The molecule has 1 aliphatic heterocycles. The Kier molecular flexibility index (Phi) is 1.30. The molecule has 1 saturated heterocycles. The Labute approximate surface area is 63.6 Å². The van der Waals surface area contributed by atoms with E-state index in [9.17, 15) is 8.78 Å². The zero-order valence-corrected chi connectivity index (χ0v) is 6.11. The number of rotatable bonds is 1. The summed E-state index contributed by atoms with van der Waals surface area (Å²) in [5, 5.41) is 11.7. The second kappa shape index (κ2) is 1.93. The smallest absolute Gasteiger partial charge is 0.261 e. The van der Waals surface area contributed by atoms with E-state index in [1.165, 1.54) is 0 Å². The Balaban J connectivity index is 2.20. The molecule has 0 aromatic heterocycles. The van der Waals surface area contributed by atoms with Crippen molar-refractivity contribution >= 4 is 0 Å². The van der Waals surface area contributed by atoms with Crippen LogP contribution in [0.4, 0.5) is 8.78 Å². The van der Waals surface area contributed by atoms with E-state index in [1.54, 1.807) is 0 Å². The normalized spacial score (nSPS) is 46.6. The lowest BCUT2D eigenvalue weighted by Gasteiger charge is -2.17. The highest BCUT2D eigenvalue weighted by Crippen LogP contribution is 2.68. The van der Waals surface area contributed by atoms with Crippen LogP contribution in [-0.4, -0.2) is 30.7 Å². The molecular weight excluding hydrogens is 152 g/mol. The third-order valence-corrected chi connectivity index (χ3v) is 3.06. The van der Waals surface area contributed by atoms with Crippen molar-refractivity contribution in [2.75, 3.05) is 19.7 Å². The lowest BCUT2D eigenvalue weighted by atomic mass is 9.97. The lowest BCUT2D eigenvalue weighted by molar-refractivity contribution is 0.0333. The molecule has 2 aliphatic rings. The largest absolute Gasteiger partial charge is 0.396 e. The van der Waals surface area contributed by atoms with Gasteiger partial charge in [0.1, 0.15) is 0 Å². The van der Waals surface area contributed by atoms with Crippen LogP contribution in [0.25, 0.3) is 0 Å². The average Bonchev–Trinajstić information content (AvgIpc) is 2.52. The SMILES string of the molecule is OCC12CCNCC1C2(F)F. The summed E-state index contributed by atoms with van der Waals surface area (Å²) < 4.78 is 25.9. The third-order valence-electron chi connectivity index (χ3n) is 3.06. The van der Waals surface area contributed by atoms with Crippen LogP contribution in [0.2, 0.25) is 0 Å². The summed E-state index contributed by atoms with van der Waals surface area (Å²) in [5.41, 5.74) is -1.06. The van der Waals surface area contributed by atoms with E-state index in [1.807, 2.05) is 0 Å². The van der Waals surface area contributed by atoms with Crippen LogP contribution in [0.5, 0.6) is 0 Å². The van der Waals surface area contributed by atoms with Crippen molar-refractivity contribution in [3.63, 3.8) is 0 Å². The van der Waals surface area contributed by atoms with Gasteiger partial charge in [-0.25, -0.2) is 8.78 Å². The first-order valence-electron chi connectivity index (χ1n) is 3.84. The van der Waals surface area contributed by atoms with Gasteiger partial charge in [-0.1, -0.05) is 0 Å². The van der Waals surface area contributed by atoms with Crippen molar-refractivity contribution < 1.29 is 13.9 Å². The Morgan fingerprint density at radius 1 is 1.55 bits per heavy atom. The summed E-state index contributed by atoms with van der Waals surface area (Å²) in [6.45, 7) is 0.590. The molecule has 0 aromatic carbocycles. The molecule has 2 rings (SSSR count). The van der Waals surface area contributed by atoms with Crippen molar-refractivity contribution in [3.05, 3.63) is 0 Å². The average molecular weight is 163 g/mol. The highest BCUT2D eigenvalue weighted by Gasteiger charge is 2.80. The zero-order valence-electron chi connectivity index (χ0n) is 6.11. The first-order chi connectivity index (χ1) is 5.15. The van der Waals surface area contributed by atoms with Gasteiger partial charge in [0, 0.05) is 12.5 Å². The minimum absolute atomic E-state index is 0.355. The summed E-state index contributed by atoms with van der Waals surface area (Å²) in [6.07, 6.45) is 0.404. The highest BCUT2D eigenvalue weighted by molar-refractivity contribution is 5.20. The molecule has 1 heterocycles. The molecule has 2 unspecified atom stereocenters. The van der Waals surface area contributed by atoms with E-state index < -0.39 is 17.3 Å². The molecule has 2 fully saturated rings. The fraction of sp³-hybridized carbons (Fsp3) is 1.00. The van der Waals surface area contributed by atoms with Gasteiger partial charge in [0.25, 0.3) is 5.92 Å². The second-order valence-electron chi connectivity index (χ2n) is 3.44. The van der Waals surface area contributed by atoms with Gasteiger partial charge in [0.05, 0.1) is 12.0 Å². The minimum Gasteiger partial charge on any atom is -0.396 e. The van der Waals surface area contributed by atoms with Gasteiger partial charge in [-0.3, -0.25) is 0 Å². The molecule has 4 heteroatoms. The minimum atomic E-state index is -2.62. The van der Waals surface area contributed by atoms with Crippen molar-refractivity contribution in [1.82, 2.24) is 5.32 Å². The Morgan fingerprint density at radius 3 is 2.73 bits per heavy atom. The van der Waals surface area contributed by atoms with Crippen LogP contribution in [0, 0.1) is 11.3 Å². The maximum atomic E-state index is 13.0. The van der Waals surface area contributed by atoms with Crippen LogP contribution in [0.1, 0.15) is 6.42 Å². The molecule has 2 nitrogen and oxygen atoms in total. The van der Waals surface area contributed by atoms with Crippen LogP contribution in [0.15, 0.2) is 0 Å². The molecule has 0 aromatic rings. The Hall–Kier alpha value is -0.220. The molecule has 1 aliphatic carbocycles.